The number of nitrogens with one attached hydrogen (secondary N) is 1. The van der Waals surface area contributed by atoms with Gasteiger partial charge in [-0.25, -0.2) is 0 Å². The molecule has 2 aromatic rings. The molecule has 0 spiro atoms. The highest BCUT2D eigenvalue weighted by Crippen LogP contribution is 2.23. The Balaban J connectivity index is 2.07. The molecule has 0 bridgehead atoms. The van der Waals surface area contributed by atoms with E-state index in [4.69, 9.17) is 5.73 Å². The van der Waals surface area contributed by atoms with Gasteiger partial charge in [0.05, 0.1) is 0 Å². The van der Waals surface area contributed by atoms with Crippen LogP contribution in [0, 0.1) is 0 Å². The second-order valence-corrected chi connectivity index (χ2v) is 4.07. The average Bonchev–Trinajstić information content (AvgIpc) is 2.65. The van der Waals surface area contributed by atoms with Crippen LogP contribution in [-0.4, -0.2) is 9.36 Å². The number of pyridine rings is 1. The molecule has 0 aliphatic heterocycles. The van der Waals surface area contributed by atoms with E-state index in [9.17, 15) is 0 Å². The summed E-state index contributed by atoms with van der Waals surface area (Å²) in [6, 6.07) is 6.04. The van der Waals surface area contributed by atoms with E-state index in [1.807, 2.05) is 18.2 Å². The van der Waals surface area contributed by atoms with Crippen molar-refractivity contribution in [1.29, 1.82) is 0 Å². The Morgan fingerprint density at radius 2 is 2.13 bits per heavy atom. The summed E-state index contributed by atoms with van der Waals surface area (Å²) in [7, 11) is 0. The van der Waals surface area contributed by atoms with Crippen molar-refractivity contribution in [2.45, 2.75) is 13.0 Å². The van der Waals surface area contributed by atoms with E-state index >= 15 is 0 Å². The first kappa shape index (κ1) is 9.92. The molecule has 4 nitrogen and oxygen atoms in total. The standard InChI is InChI=1S/C10H12N4S/c1-7(8-2-4-12-5-3-8)13-10-6-9(11)14-15-10/h2-7,13H,1H3,(H2,11,14). The van der Waals surface area contributed by atoms with Crippen molar-refractivity contribution in [2.75, 3.05) is 11.1 Å². The third-order valence-corrected chi connectivity index (χ3v) is 2.83. The van der Waals surface area contributed by atoms with Gasteiger partial charge in [0.2, 0.25) is 0 Å². The van der Waals surface area contributed by atoms with Crippen molar-refractivity contribution < 1.29 is 0 Å². The summed E-state index contributed by atoms with van der Waals surface area (Å²) in [6.45, 7) is 2.09. The summed E-state index contributed by atoms with van der Waals surface area (Å²) in [5, 5.41) is 4.31. The van der Waals surface area contributed by atoms with Gasteiger partial charge in [0.25, 0.3) is 0 Å². The van der Waals surface area contributed by atoms with Crippen molar-refractivity contribution in [3.05, 3.63) is 36.2 Å². The Kier molecular flexibility index (Phi) is 2.82. The molecule has 0 saturated carbocycles. The third-order valence-electron chi connectivity index (χ3n) is 2.09. The molecule has 0 fully saturated rings. The van der Waals surface area contributed by atoms with Crippen LogP contribution in [0.25, 0.3) is 0 Å². The van der Waals surface area contributed by atoms with Crippen LogP contribution in [0.4, 0.5) is 10.8 Å². The van der Waals surface area contributed by atoms with Crippen LogP contribution < -0.4 is 11.1 Å². The fourth-order valence-electron chi connectivity index (χ4n) is 1.31. The molecule has 5 heteroatoms. The summed E-state index contributed by atoms with van der Waals surface area (Å²) in [4.78, 5) is 3.98. The molecule has 1 unspecified atom stereocenters. The number of nitrogens with two attached hydrogens (primary N) is 1. The monoisotopic (exact) mass is 220 g/mol. The molecule has 1 atom stereocenters. The van der Waals surface area contributed by atoms with E-state index in [-0.39, 0.29) is 6.04 Å². The minimum Gasteiger partial charge on any atom is -0.383 e. The van der Waals surface area contributed by atoms with Crippen LogP contribution in [0.1, 0.15) is 18.5 Å². The maximum atomic E-state index is 5.54. The molecular formula is C10H12N4S. The van der Waals surface area contributed by atoms with Gasteiger partial charge >= 0.3 is 0 Å². The zero-order valence-corrected chi connectivity index (χ0v) is 9.16. The van der Waals surface area contributed by atoms with Gasteiger partial charge < -0.3 is 11.1 Å². The first-order chi connectivity index (χ1) is 7.25. The molecule has 0 aliphatic carbocycles. The van der Waals surface area contributed by atoms with Crippen molar-refractivity contribution >= 4 is 22.4 Å². The van der Waals surface area contributed by atoms with Gasteiger partial charge in [0.15, 0.2) is 0 Å². The molecule has 0 radical (unpaired) electrons. The second-order valence-electron chi connectivity index (χ2n) is 3.26. The number of nitrogen functional groups attached to an aromatic ring is 1. The predicted octanol–water partition coefficient (Wildman–Crippen LogP) is 2.29. The molecule has 2 rings (SSSR count). The fourth-order valence-corrected chi connectivity index (χ4v) is 1.97. The quantitative estimate of drug-likeness (QED) is 0.833. The van der Waals surface area contributed by atoms with E-state index in [0.717, 1.165) is 5.00 Å². The maximum Gasteiger partial charge on any atom is 0.139 e. The normalized spacial score (nSPS) is 12.3. The Morgan fingerprint density at radius 3 is 2.73 bits per heavy atom. The Hall–Kier alpha value is -1.62. The molecule has 0 saturated heterocycles. The van der Waals surface area contributed by atoms with E-state index in [1.54, 1.807) is 12.4 Å². The lowest BCUT2D eigenvalue weighted by molar-refractivity contribution is 0.885. The fraction of sp³-hybridized carbons (Fsp3) is 0.200. The predicted molar refractivity (Wildman–Crippen MR) is 62.8 cm³/mol. The van der Waals surface area contributed by atoms with Crippen LogP contribution in [-0.2, 0) is 0 Å². The number of nitrogens with zero attached hydrogens (tertiary/aromatic N) is 2. The highest BCUT2D eigenvalue weighted by molar-refractivity contribution is 7.10. The largest absolute Gasteiger partial charge is 0.383 e. The molecule has 0 aromatic carbocycles. The Morgan fingerprint density at radius 1 is 1.40 bits per heavy atom. The second kappa shape index (κ2) is 4.27. The van der Waals surface area contributed by atoms with Gasteiger partial charge in [-0.1, -0.05) is 0 Å². The lowest BCUT2D eigenvalue weighted by atomic mass is 10.1. The molecule has 0 amide bonds. The van der Waals surface area contributed by atoms with Crippen LogP contribution in [0.15, 0.2) is 30.6 Å². The van der Waals surface area contributed by atoms with Crippen molar-refractivity contribution in [1.82, 2.24) is 9.36 Å². The maximum absolute atomic E-state index is 5.54. The molecule has 2 aromatic heterocycles. The molecule has 15 heavy (non-hydrogen) atoms. The van der Waals surface area contributed by atoms with E-state index in [2.05, 4.69) is 21.6 Å². The van der Waals surface area contributed by atoms with Crippen molar-refractivity contribution in [2.24, 2.45) is 0 Å². The Labute approximate surface area is 92.3 Å². The number of aromatic nitrogens is 2. The first-order valence-corrected chi connectivity index (χ1v) is 5.41. The number of hydrogen-bond acceptors (Lipinski definition) is 5. The van der Waals surface area contributed by atoms with Gasteiger partial charge in [0.1, 0.15) is 10.8 Å². The number of hydrogen-bond donors (Lipinski definition) is 2. The SMILES string of the molecule is CC(Nc1cc(N)ns1)c1ccncc1. The highest BCUT2D eigenvalue weighted by Gasteiger charge is 2.06. The topological polar surface area (TPSA) is 63.8 Å². The van der Waals surface area contributed by atoms with Crippen molar-refractivity contribution in [3.8, 4) is 0 Å². The van der Waals surface area contributed by atoms with E-state index in [0.29, 0.717) is 5.82 Å². The summed E-state index contributed by atoms with van der Waals surface area (Å²) >= 11 is 1.37. The number of anilines is 2. The molecule has 3 N–H and O–H groups in total. The average molecular weight is 220 g/mol. The van der Waals surface area contributed by atoms with Crippen LogP contribution in [0.3, 0.4) is 0 Å². The summed E-state index contributed by atoms with van der Waals surface area (Å²) in [6.07, 6.45) is 3.57. The molecular weight excluding hydrogens is 208 g/mol. The number of rotatable bonds is 3. The summed E-state index contributed by atoms with van der Waals surface area (Å²) in [5.41, 5.74) is 6.73. The first-order valence-electron chi connectivity index (χ1n) is 4.64. The summed E-state index contributed by atoms with van der Waals surface area (Å²) < 4.78 is 4.01. The van der Waals surface area contributed by atoms with E-state index in [1.165, 1.54) is 17.1 Å². The molecule has 2 heterocycles. The van der Waals surface area contributed by atoms with Crippen molar-refractivity contribution in [3.63, 3.8) is 0 Å². The van der Waals surface area contributed by atoms with Crippen LogP contribution in [0.2, 0.25) is 0 Å². The highest BCUT2D eigenvalue weighted by atomic mass is 32.1. The van der Waals surface area contributed by atoms with Gasteiger partial charge in [-0.3, -0.25) is 4.98 Å². The van der Waals surface area contributed by atoms with Gasteiger partial charge in [-0.2, -0.15) is 4.37 Å². The smallest absolute Gasteiger partial charge is 0.139 e. The van der Waals surface area contributed by atoms with Gasteiger partial charge in [-0.05, 0) is 36.2 Å². The lowest BCUT2D eigenvalue weighted by Gasteiger charge is -2.12. The minimum atomic E-state index is 0.229. The van der Waals surface area contributed by atoms with Crippen LogP contribution >= 0.6 is 11.5 Å². The van der Waals surface area contributed by atoms with Gasteiger partial charge in [0, 0.05) is 24.5 Å². The zero-order chi connectivity index (χ0) is 10.7. The zero-order valence-electron chi connectivity index (χ0n) is 8.34. The van der Waals surface area contributed by atoms with E-state index < -0.39 is 0 Å². The minimum absolute atomic E-state index is 0.229. The van der Waals surface area contributed by atoms with Gasteiger partial charge in [-0.15, -0.1) is 0 Å². The molecule has 0 aliphatic rings. The molecule has 78 valence electrons. The third kappa shape index (κ3) is 2.44. The van der Waals surface area contributed by atoms with Crippen LogP contribution in [0.5, 0.6) is 0 Å². The Bertz CT molecular complexity index is 426. The summed E-state index contributed by atoms with van der Waals surface area (Å²) in [5.74, 6) is 0.560. The lowest BCUT2D eigenvalue weighted by Crippen LogP contribution is -2.05.